The predicted octanol–water partition coefficient (Wildman–Crippen LogP) is 3.30. The van der Waals surface area contributed by atoms with E-state index in [-0.39, 0.29) is 17.8 Å². The van der Waals surface area contributed by atoms with E-state index in [1.54, 1.807) is 0 Å². The first kappa shape index (κ1) is 17.7. The van der Waals surface area contributed by atoms with Crippen LogP contribution < -0.4 is 5.73 Å². The van der Waals surface area contributed by atoms with Crippen molar-refractivity contribution in [1.29, 1.82) is 0 Å². The van der Waals surface area contributed by atoms with Gasteiger partial charge in [0.2, 0.25) is 0 Å². The smallest absolute Gasteiger partial charge is 0.155 e. The molecule has 3 aromatic rings. The zero-order chi connectivity index (χ0) is 19.4. The fourth-order valence-electron chi connectivity index (χ4n) is 4.86. The molecule has 3 atom stereocenters. The van der Waals surface area contributed by atoms with E-state index in [1.165, 1.54) is 23.4 Å². The van der Waals surface area contributed by atoms with Crippen molar-refractivity contribution in [3.05, 3.63) is 64.6 Å². The molecule has 1 fully saturated rings. The van der Waals surface area contributed by atoms with Crippen LogP contribution in [0, 0.1) is 18.6 Å². The van der Waals surface area contributed by atoms with Crippen LogP contribution in [0.1, 0.15) is 47.7 Å². The minimum Gasteiger partial charge on any atom is -0.327 e. The second kappa shape index (κ2) is 6.60. The summed E-state index contributed by atoms with van der Waals surface area (Å²) in [6.07, 6.45) is 4.38. The molecular formula is C21H23F2N5. The van der Waals surface area contributed by atoms with Crippen LogP contribution in [0.4, 0.5) is 8.78 Å². The Balaban J connectivity index is 1.34. The Hall–Kier alpha value is -2.38. The predicted molar refractivity (Wildman–Crippen MR) is 102 cm³/mol. The van der Waals surface area contributed by atoms with Crippen LogP contribution in [0.3, 0.4) is 0 Å². The fraction of sp³-hybridized carbons (Fsp3) is 0.429. The zero-order valence-electron chi connectivity index (χ0n) is 15.8. The quantitative estimate of drug-likeness (QED) is 0.738. The minimum atomic E-state index is -0.410. The Labute approximate surface area is 162 Å². The van der Waals surface area contributed by atoms with Crippen LogP contribution in [-0.4, -0.2) is 31.6 Å². The van der Waals surface area contributed by atoms with Gasteiger partial charge in [-0.05, 0) is 49.9 Å². The van der Waals surface area contributed by atoms with E-state index in [0.29, 0.717) is 11.6 Å². The first-order valence-electron chi connectivity index (χ1n) is 9.77. The molecule has 0 unspecified atom stereocenters. The maximum absolute atomic E-state index is 14.2. The Kier molecular flexibility index (Phi) is 4.17. The number of aromatic nitrogens is 3. The summed E-state index contributed by atoms with van der Waals surface area (Å²) < 4.78 is 29.8. The van der Waals surface area contributed by atoms with Gasteiger partial charge in [0.1, 0.15) is 11.6 Å². The summed E-state index contributed by atoms with van der Waals surface area (Å²) in [5.41, 5.74) is 11.1. The number of hydrogen-bond donors (Lipinski definition) is 1. The molecule has 1 aliphatic heterocycles. The maximum Gasteiger partial charge on any atom is 0.155 e. The monoisotopic (exact) mass is 383 g/mol. The van der Waals surface area contributed by atoms with Gasteiger partial charge in [-0.1, -0.05) is 0 Å². The third-order valence-electron chi connectivity index (χ3n) is 6.26. The highest BCUT2D eigenvalue weighted by molar-refractivity contribution is 5.43. The van der Waals surface area contributed by atoms with Crippen LogP contribution in [0.2, 0.25) is 0 Å². The Bertz CT molecular complexity index is 1050. The molecule has 2 aliphatic rings. The van der Waals surface area contributed by atoms with E-state index < -0.39 is 5.82 Å². The third-order valence-corrected chi connectivity index (χ3v) is 6.26. The molecule has 1 aliphatic carbocycles. The summed E-state index contributed by atoms with van der Waals surface area (Å²) in [6.45, 7) is 3.61. The van der Waals surface area contributed by atoms with Crippen LogP contribution in [-0.2, 0) is 13.1 Å². The lowest BCUT2D eigenvalue weighted by Crippen LogP contribution is -2.44. The number of nitrogens with zero attached hydrogens (tertiary/aromatic N) is 4. The van der Waals surface area contributed by atoms with Gasteiger partial charge in [-0.2, -0.15) is 5.10 Å². The average molecular weight is 383 g/mol. The van der Waals surface area contributed by atoms with Crippen molar-refractivity contribution >= 4 is 5.65 Å². The van der Waals surface area contributed by atoms with Crippen LogP contribution in [0.15, 0.2) is 30.5 Å². The molecule has 5 nitrogen and oxygen atoms in total. The van der Waals surface area contributed by atoms with Crippen molar-refractivity contribution in [2.45, 2.75) is 57.3 Å². The third kappa shape index (κ3) is 2.89. The van der Waals surface area contributed by atoms with E-state index in [2.05, 4.69) is 15.0 Å². The van der Waals surface area contributed by atoms with Crippen molar-refractivity contribution in [2.75, 3.05) is 0 Å². The first-order chi connectivity index (χ1) is 13.5. The highest BCUT2D eigenvalue weighted by Gasteiger charge is 2.36. The number of rotatable bonds is 2. The number of fused-ring (bicyclic) bond motifs is 3. The van der Waals surface area contributed by atoms with E-state index in [1.807, 2.05) is 23.7 Å². The van der Waals surface area contributed by atoms with Crippen LogP contribution >= 0.6 is 0 Å². The SMILES string of the molecule is Cc1cc2ncc3c(n2n1)CN([C@@H]1CC[C@H](c2cc(F)ccc2F)[C@@H](N)C1)C3. The summed E-state index contributed by atoms with van der Waals surface area (Å²) >= 11 is 0. The van der Waals surface area contributed by atoms with E-state index in [9.17, 15) is 8.78 Å². The van der Waals surface area contributed by atoms with Gasteiger partial charge in [0, 0.05) is 48.9 Å². The lowest BCUT2D eigenvalue weighted by atomic mass is 9.77. The van der Waals surface area contributed by atoms with Gasteiger partial charge in [-0.25, -0.2) is 18.3 Å². The van der Waals surface area contributed by atoms with Gasteiger partial charge >= 0.3 is 0 Å². The normalized spacial score (nSPS) is 25.4. The molecule has 7 heteroatoms. The Morgan fingerprint density at radius 1 is 1.14 bits per heavy atom. The van der Waals surface area contributed by atoms with Crippen molar-refractivity contribution < 1.29 is 8.78 Å². The fourth-order valence-corrected chi connectivity index (χ4v) is 4.86. The van der Waals surface area contributed by atoms with Crippen molar-refractivity contribution in [3.63, 3.8) is 0 Å². The molecule has 28 heavy (non-hydrogen) atoms. The van der Waals surface area contributed by atoms with Gasteiger partial charge in [-0.15, -0.1) is 0 Å². The van der Waals surface area contributed by atoms with Gasteiger partial charge in [0.25, 0.3) is 0 Å². The second-order valence-electron chi connectivity index (χ2n) is 8.09. The maximum atomic E-state index is 14.2. The molecule has 0 amide bonds. The molecule has 1 aromatic carbocycles. The molecule has 0 radical (unpaired) electrons. The summed E-state index contributed by atoms with van der Waals surface area (Å²) in [5.74, 6) is -0.915. The highest BCUT2D eigenvalue weighted by Crippen LogP contribution is 2.38. The highest BCUT2D eigenvalue weighted by atomic mass is 19.1. The molecule has 2 aromatic heterocycles. The molecular weight excluding hydrogens is 360 g/mol. The second-order valence-corrected chi connectivity index (χ2v) is 8.09. The minimum absolute atomic E-state index is 0.140. The van der Waals surface area contributed by atoms with Gasteiger partial charge < -0.3 is 5.73 Å². The van der Waals surface area contributed by atoms with Crippen molar-refractivity contribution in [2.24, 2.45) is 5.73 Å². The standard InChI is InChI=1S/C21H23F2N5/c1-12-6-21-25-9-13-10-27(11-20(13)28(21)26-12)15-3-4-16(19(24)8-15)17-7-14(22)2-5-18(17)23/h2,5-7,9,15-16,19H,3-4,8,10-11,24H2,1H3/t15-,16-,19+/m1/s1. The van der Waals surface area contributed by atoms with Crippen LogP contribution in [0.5, 0.6) is 0 Å². The van der Waals surface area contributed by atoms with Gasteiger partial charge in [0.15, 0.2) is 5.65 Å². The van der Waals surface area contributed by atoms with E-state index in [0.717, 1.165) is 49.8 Å². The number of aryl methyl sites for hydroxylation is 1. The Morgan fingerprint density at radius 2 is 2.00 bits per heavy atom. The lowest BCUT2D eigenvalue weighted by molar-refractivity contribution is 0.136. The van der Waals surface area contributed by atoms with Crippen molar-refractivity contribution in [1.82, 2.24) is 19.5 Å². The summed E-state index contributed by atoms with van der Waals surface area (Å²) in [6, 6.07) is 5.77. The largest absolute Gasteiger partial charge is 0.327 e. The van der Waals surface area contributed by atoms with Crippen LogP contribution in [0.25, 0.3) is 5.65 Å². The number of halogens is 2. The number of hydrogen-bond acceptors (Lipinski definition) is 4. The zero-order valence-corrected chi connectivity index (χ0v) is 15.8. The lowest BCUT2D eigenvalue weighted by Gasteiger charge is -2.38. The molecule has 5 rings (SSSR count). The van der Waals surface area contributed by atoms with Gasteiger partial charge in [-0.3, -0.25) is 4.90 Å². The molecule has 146 valence electrons. The summed E-state index contributed by atoms with van der Waals surface area (Å²) in [5, 5.41) is 4.57. The first-order valence-corrected chi connectivity index (χ1v) is 9.77. The van der Waals surface area contributed by atoms with E-state index in [4.69, 9.17) is 5.73 Å². The molecule has 0 spiro atoms. The van der Waals surface area contributed by atoms with Crippen molar-refractivity contribution in [3.8, 4) is 0 Å². The molecule has 3 heterocycles. The summed E-state index contributed by atoms with van der Waals surface area (Å²) in [7, 11) is 0. The number of nitrogens with two attached hydrogens (primary N) is 1. The van der Waals surface area contributed by atoms with Gasteiger partial charge in [0.05, 0.1) is 11.4 Å². The average Bonchev–Trinajstić information content (AvgIpc) is 3.26. The van der Waals surface area contributed by atoms with E-state index >= 15 is 0 Å². The molecule has 1 saturated carbocycles. The topological polar surface area (TPSA) is 59.5 Å². The number of benzene rings is 1. The molecule has 0 saturated heterocycles. The Morgan fingerprint density at radius 3 is 2.82 bits per heavy atom. The molecule has 2 N–H and O–H groups in total. The molecule has 0 bridgehead atoms. The summed E-state index contributed by atoms with van der Waals surface area (Å²) in [4.78, 5) is 6.93.